The Balaban J connectivity index is 2.52. The summed E-state index contributed by atoms with van der Waals surface area (Å²) in [6, 6.07) is 0.542. The van der Waals surface area contributed by atoms with Gasteiger partial charge in [-0.05, 0) is 32.1 Å². The summed E-state index contributed by atoms with van der Waals surface area (Å²) in [6.45, 7) is 9.40. The van der Waals surface area contributed by atoms with Crippen molar-refractivity contribution in [2.75, 3.05) is 13.6 Å². The van der Waals surface area contributed by atoms with Crippen molar-refractivity contribution in [2.24, 2.45) is 10.8 Å². The Hall–Kier alpha value is -0.570. The fourth-order valence-corrected chi connectivity index (χ4v) is 2.67. The van der Waals surface area contributed by atoms with E-state index in [2.05, 4.69) is 24.5 Å². The Bertz CT molecular complexity index is 271. The first-order valence-corrected chi connectivity index (χ1v) is 6.75. The maximum Gasteiger partial charge on any atom is 0.226 e. The SMILES string of the molecule is CNC(=O)C(C)(C)CNC1CCCCC1(C)C. The normalized spacial score (nSPS) is 24.4. The maximum atomic E-state index is 11.7. The number of carbonyl (C=O) groups is 1. The molecule has 1 rings (SSSR count). The van der Waals surface area contributed by atoms with Gasteiger partial charge in [-0.3, -0.25) is 4.79 Å². The molecule has 3 nitrogen and oxygen atoms in total. The molecule has 1 atom stereocenters. The number of rotatable bonds is 4. The third kappa shape index (κ3) is 3.70. The molecule has 0 aromatic heterocycles. The Morgan fingerprint density at radius 3 is 2.53 bits per heavy atom. The van der Waals surface area contributed by atoms with Crippen LogP contribution in [0.2, 0.25) is 0 Å². The van der Waals surface area contributed by atoms with Crippen LogP contribution in [0.15, 0.2) is 0 Å². The highest BCUT2D eigenvalue weighted by Crippen LogP contribution is 2.35. The van der Waals surface area contributed by atoms with Crippen molar-refractivity contribution < 1.29 is 4.79 Å². The molecule has 0 radical (unpaired) electrons. The van der Waals surface area contributed by atoms with Gasteiger partial charge in [-0.1, -0.05) is 26.7 Å². The van der Waals surface area contributed by atoms with Crippen LogP contribution >= 0.6 is 0 Å². The molecule has 1 saturated carbocycles. The summed E-state index contributed by atoms with van der Waals surface area (Å²) in [5.74, 6) is 0.110. The van der Waals surface area contributed by atoms with E-state index in [-0.39, 0.29) is 11.3 Å². The molecule has 1 fully saturated rings. The van der Waals surface area contributed by atoms with E-state index in [9.17, 15) is 4.79 Å². The lowest BCUT2D eigenvalue weighted by atomic mass is 9.73. The van der Waals surface area contributed by atoms with Gasteiger partial charge in [0.25, 0.3) is 0 Å². The molecule has 0 aromatic carbocycles. The van der Waals surface area contributed by atoms with Gasteiger partial charge in [0.2, 0.25) is 5.91 Å². The van der Waals surface area contributed by atoms with Crippen LogP contribution in [-0.4, -0.2) is 25.5 Å². The van der Waals surface area contributed by atoms with Crippen molar-refractivity contribution in [3.8, 4) is 0 Å². The Morgan fingerprint density at radius 1 is 1.35 bits per heavy atom. The van der Waals surface area contributed by atoms with Crippen LogP contribution in [0.25, 0.3) is 0 Å². The number of hydrogen-bond acceptors (Lipinski definition) is 2. The van der Waals surface area contributed by atoms with Crippen LogP contribution in [0.3, 0.4) is 0 Å². The van der Waals surface area contributed by atoms with E-state index in [0.29, 0.717) is 11.5 Å². The molecule has 0 saturated heterocycles. The largest absolute Gasteiger partial charge is 0.359 e. The van der Waals surface area contributed by atoms with E-state index in [0.717, 1.165) is 6.54 Å². The molecular weight excluding hydrogens is 212 g/mol. The van der Waals surface area contributed by atoms with Crippen LogP contribution in [0.5, 0.6) is 0 Å². The van der Waals surface area contributed by atoms with Crippen LogP contribution < -0.4 is 10.6 Å². The van der Waals surface area contributed by atoms with E-state index < -0.39 is 0 Å². The number of amides is 1. The molecule has 1 aliphatic carbocycles. The van der Waals surface area contributed by atoms with Crippen molar-refractivity contribution in [1.29, 1.82) is 0 Å². The molecule has 3 heteroatoms. The molecule has 2 N–H and O–H groups in total. The minimum atomic E-state index is -0.331. The van der Waals surface area contributed by atoms with Gasteiger partial charge in [0.1, 0.15) is 0 Å². The quantitative estimate of drug-likeness (QED) is 0.792. The molecule has 0 bridgehead atoms. The lowest BCUT2D eigenvalue weighted by Gasteiger charge is -2.40. The van der Waals surface area contributed by atoms with Crippen LogP contribution in [0, 0.1) is 10.8 Å². The lowest BCUT2D eigenvalue weighted by molar-refractivity contribution is -0.128. The monoisotopic (exact) mass is 240 g/mol. The van der Waals surface area contributed by atoms with E-state index in [1.807, 2.05) is 13.8 Å². The number of hydrogen-bond donors (Lipinski definition) is 2. The molecule has 17 heavy (non-hydrogen) atoms. The Kier molecular flexibility index (Phi) is 4.59. The number of carbonyl (C=O) groups excluding carboxylic acids is 1. The maximum absolute atomic E-state index is 11.7. The first kappa shape index (κ1) is 14.5. The fraction of sp³-hybridized carbons (Fsp3) is 0.929. The smallest absolute Gasteiger partial charge is 0.226 e. The molecule has 0 heterocycles. The van der Waals surface area contributed by atoms with Crippen molar-refractivity contribution in [3.05, 3.63) is 0 Å². The highest BCUT2D eigenvalue weighted by Gasteiger charge is 2.34. The van der Waals surface area contributed by atoms with Crippen molar-refractivity contribution in [3.63, 3.8) is 0 Å². The Labute approximate surface area is 106 Å². The zero-order valence-electron chi connectivity index (χ0n) is 12.0. The average Bonchev–Trinajstić information content (AvgIpc) is 2.25. The predicted octanol–water partition coefficient (Wildman–Crippen LogP) is 2.32. The first-order valence-electron chi connectivity index (χ1n) is 6.75. The third-order valence-corrected chi connectivity index (χ3v) is 4.14. The van der Waals surface area contributed by atoms with Gasteiger partial charge in [-0.25, -0.2) is 0 Å². The van der Waals surface area contributed by atoms with E-state index in [4.69, 9.17) is 0 Å². The lowest BCUT2D eigenvalue weighted by Crippen LogP contribution is -2.50. The van der Waals surface area contributed by atoms with Gasteiger partial charge < -0.3 is 10.6 Å². The summed E-state index contributed by atoms with van der Waals surface area (Å²) in [4.78, 5) is 11.7. The molecule has 100 valence electrons. The van der Waals surface area contributed by atoms with Gasteiger partial charge in [0, 0.05) is 19.6 Å². The summed E-state index contributed by atoms with van der Waals surface area (Å²) in [5.41, 5.74) is 0.0271. The molecule has 0 aromatic rings. The third-order valence-electron chi connectivity index (χ3n) is 4.14. The molecular formula is C14H28N2O. The topological polar surface area (TPSA) is 41.1 Å². The van der Waals surface area contributed by atoms with Gasteiger partial charge in [-0.15, -0.1) is 0 Å². The van der Waals surface area contributed by atoms with Crippen LogP contribution in [0.4, 0.5) is 0 Å². The molecule has 0 aliphatic heterocycles. The second kappa shape index (κ2) is 5.38. The summed E-state index contributed by atoms with van der Waals surface area (Å²) < 4.78 is 0. The van der Waals surface area contributed by atoms with Crippen molar-refractivity contribution in [2.45, 2.75) is 59.4 Å². The highest BCUT2D eigenvalue weighted by molar-refractivity contribution is 5.81. The van der Waals surface area contributed by atoms with Gasteiger partial charge in [0.05, 0.1) is 5.41 Å². The zero-order valence-corrected chi connectivity index (χ0v) is 12.0. The molecule has 1 unspecified atom stereocenters. The number of nitrogens with one attached hydrogen (secondary N) is 2. The van der Waals surface area contributed by atoms with Crippen LogP contribution in [-0.2, 0) is 4.79 Å². The summed E-state index contributed by atoms with van der Waals surface area (Å²) in [5, 5.41) is 6.34. The minimum absolute atomic E-state index is 0.110. The minimum Gasteiger partial charge on any atom is -0.359 e. The summed E-state index contributed by atoms with van der Waals surface area (Å²) in [7, 11) is 1.70. The van der Waals surface area contributed by atoms with Gasteiger partial charge >= 0.3 is 0 Å². The Morgan fingerprint density at radius 2 is 2.00 bits per heavy atom. The van der Waals surface area contributed by atoms with E-state index in [1.165, 1.54) is 25.7 Å². The predicted molar refractivity (Wildman–Crippen MR) is 71.9 cm³/mol. The average molecular weight is 240 g/mol. The summed E-state index contributed by atoms with van der Waals surface area (Å²) in [6.07, 6.45) is 5.16. The van der Waals surface area contributed by atoms with Gasteiger partial charge in [-0.2, -0.15) is 0 Å². The first-order chi connectivity index (χ1) is 7.79. The highest BCUT2D eigenvalue weighted by atomic mass is 16.2. The molecule has 1 amide bonds. The van der Waals surface area contributed by atoms with Crippen molar-refractivity contribution in [1.82, 2.24) is 10.6 Å². The van der Waals surface area contributed by atoms with Crippen molar-refractivity contribution >= 4 is 5.91 Å². The summed E-state index contributed by atoms with van der Waals surface area (Å²) >= 11 is 0. The van der Waals surface area contributed by atoms with E-state index in [1.54, 1.807) is 7.05 Å². The molecule has 1 aliphatic rings. The van der Waals surface area contributed by atoms with Crippen LogP contribution in [0.1, 0.15) is 53.4 Å². The second-order valence-corrected chi connectivity index (χ2v) is 6.63. The second-order valence-electron chi connectivity index (χ2n) is 6.63. The zero-order chi connectivity index (χ0) is 13.1. The molecule has 0 spiro atoms. The fourth-order valence-electron chi connectivity index (χ4n) is 2.67. The van der Waals surface area contributed by atoms with E-state index >= 15 is 0 Å². The standard InChI is InChI=1S/C14H28N2O/c1-13(2)9-7-6-8-11(13)16-10-14(3,4)12(17)15-5/h11,16H,6-10H2,1-5H3,(H,15,17). The van der Waals surface area contributed by atoms with Gasteiger partial charge in [0.15, 0.2) is 0 Å².